The third kappa shape index (κ3) is 3.69. The number of nitrogens with zero attached hydrogens (tertiary/aromatic N) is 3. The maximum absolute atomic E-state index is 12.7. The van der Waals surface area contributed by atoms with Crippen molar-refractivity contribution < 1.29 is 4.79 Å². The van der Waals surface area contributed by atoms with Crippen molar-refractivity contribution >= 4 is 22.6 Å². The van der Waals surface area contributed by atoms with Gasteiger partial charge in [-0.05, 0) is 66.8 Å². The van der Waals surface area contributed by atoms with Crippen molar-refractivity contribution in [2.75, 3.05) is 5.32 Å². The normalized spacial score (nSPS) is 25.8. The van der Waals surface area contributed by atoms with Gasteiger partial charge in [-0.2, -0.15) is 0 Å². The maximum Gasteiger partial charge on any atom is 0.224 e. The van der Waals surface area contributed by atoms with Gasteiger partial charge in [0.15, 0.2) is 0 Å². The van der Waals surface area contributed by atoms with Crippen LogP contribution in [0.1, 0.15) is 54.6 Å². The molecule has 2 fully saturated rings. The standard InChI is InChI=1S/C27H27N7O/c35-23-7-4-15-2-1-3-17(10-15)24-26-22(8-9-29-24)31-27(32-26)25-20-12-16(5-6-21(20)33-34-25)18-11-19(30-23)14-28-13-18/h1-3,8-11,13-14,16,20-21,25,33-34H,4-7,12H2,(H,30,35)(H,31,32). The molecule has 35 heavy (non-hydrogen) atoms. The summed E-state index contributed by atoms with van der Waals surface area (Å²) in [4.78, 5) is 30.5. The van der Waals surface area contributed by atoms with Gasteiger partial charge in [0.25, 0.3) is 0 Å². The number of nitrogens with one attached hydrogen (secondary N) is 4. The summed E-state index contributed by atoms with van der Waals surface area (Å²) in [6, 6.07) is 12.8. The molecule has 1 amide bonds. The molecule has 8 heteroatoms. The lowest BCUT2D eigenvalue weighted by molar-refractivity contribution is -0.116. The first kappa shape index (κ1) is 20.7. The SMILES string of the molecule is O=C1CCc2cccc(c2)-c2nccc3[nH]c(nc23)C2NNC3CCC(CC32)c2cncc(c2)N1. The zero-order chi connectivity index (χ0) is 23.4. The number of carbonyl (C=O) groups is 1. The average Bonchev–Trinajstić information content (AvgIpc) is 3.51. The minimum Gasteiger partial charge on any atom is -0.340 e. The Balaban J connectivity index is 1.35. The molecular weight excluding hydrogens is 438 g/mol. The molecule has 7 rings (SSSR count). The van der Waals surface area contributed by atoms with Gasteiger partial charge in [0, 0.05) is 30.4 Å². The van der Waals surface area contributed by atoms with Gasteiger partial charge in [0.05, 0.1) is 29.1 Å². The van der Waals surface area contributed by atoms with E-state index in [2.05, 4.69) is 50.4 Å². The van der Waals surface area contributed by atoms with Gasteiger partial charge < -0.3 is 10.3 Å². The number of carbonyl (C=O) groups excluding carboxylic acids is 1. The number of pyridine rings is 2. The average molecular weight is 466 g/mol. The van der Waals surface area contributed by atoms with Gasteiger partial charge in [0.1, 0.15) is 11.3 Å². The van der Waals surface area contributed by atoms with Crippen molar-refractivity contribution in [3.63, 3.8) is 0 Å². The molecular formula is C27H27N7O. The highest BCUT2D eigenvalue weighted by Crippen LogP contribution is 2.44. The van der Waals surface area contributed by atoms with Crippen LogP contribution >= 0.6 is 0 Å². The number of aromatic amines is 1. The van der Waals surface area contributed by atoms with E-state index in [0.29, 0.717) is 30.7 Å². The molecule has 8 bridgehead atoms. The second kappa shape index (κ2) is 8.25. The van der Waals surface area contributed by atoms with E-state index in [-0.39, 0.29) is 11.9 Å². The number of H-pyrrole nitrogens is 1. The van der Waals surface area contributed by atoms with E-state index in [4.69, 9.17) is 9.97 Å². The van der Waals surface area contributed by atoms with Gasteiger partial charge in [-0.25, -0.2) is 10.4 Å². The van der Waals surface area contributed by atoms with Gasteiger partial charge in [0.2, 0.25) is 5.91 Å². The molecule has 4 N–H and O–H groups in total. The van der Waals surface area contributed by atoms with Gasteiger partial charge in [-0.15, -0.1) is 0 Å². The lowest BCUT2D eigenvalue weighted by Gasteiger charge is -2.33. The Morgan fingerprint density at radius 3 is 2.94 bits per heavy atom. The van der Waals surface area contributed by atoms with E-state index in [9.17, 15) is 4.79 Å². The Bertz CT molecular complexity index is 1430. The van der Waals surface area contributed by atoms with E-state index < -0.39 is 0 Å². The van der Waals surface area contributed by atoms with E-state index in [1.54, 1.807) is 6.20 Å². The van der Waals surface area contributed by atoms with Crippen molar-refractivity contribution in [3.05, 3.63) is 71.9 Å². The molecule has 0 radical (unpaired) electrons. The molecule has 1 saturated carbocycles. The number of hydrogen-bond acceptors (Lipinski definition) is 6. The third-order valence-corrected chi connectivity index (χ3v) is 7.82. The highest BCUT2D eigenvalue weighted by molar-refractivity contribution is 5.91. The minimum absolute atomic E-state index is 0.000559. The summed E-state index contributed by atoms with van der Waals surface area (Å²) in [6.07, 6.45) is 9.78. The first-order valence-electron chi connectivity index (χ1n) is 12.4. The first-order valence-corrected chi connectivity index (χ1v) is 12.4. The fourth-order valence-corrected chi connectivity index (χ4v) is 6.05. The minimum atomic E-state index is 0.000559. The molecule has 3 aromatic heterocycles. The van der Waals surface area contributed by atoms with Crippen LogP contribution in [0.5, 0.6) is 0 Å². The topological polar surface area (TPSA) is 108 Å². The Hall–Kier alpha value is -3.62. The molecule has 5 heterocycles. The maximum atomic E-state index is 12.7. The fraction of sp³-hybridized carbons (Fsp3) is 0.333. The molecule has 2 aliphatic heterocycles. The van der Waals surface area contributed by atoms with Crippen molar-refractivity contribution in [2.45, 2.75) is 50.1 Å². The summed E-state index contributed by atoms with van der Waals surface area (Å²) in [7, 11) is 0. The summed E-state index contributed by atoms with van der Waals surface area (Å²) >= 11 is 0. The number of aryl methyl sites for hydroxylation is 1. The van der Waals surface area contributed by atoms with Crippen LogP contribution in [0.2, 0.25) is 0 Å². The molecule has 3 aliphatic rings. The number of benzene rings is 1. The summed E-state index contributed by atoms with van der Waals surface area (Å²) < 4.78 is 0. The number of aromatic nitrogens is 4. The van der Waals surface area contributed by atoms with E-state index in [1.807, 2.05) is 24.5 Å². The number of anilines is 1. The van der Waals surface area contributed by atoms with E-state index >= 15 is 0 Å². The van der Waals surface area contributed by atoms with Crippen molar-refractivity contribution in [1.82, 2.24) is 30.8 Å². The predicted molar refractivity (Wildman–Crippen MR) is 133 cm³/mol. The number of rotatable bonds is 0. The number of imidazole rings is 1. The Morgan fingerprint density at radius 1 is 1.00 bits per heavy atom. The Morgan fingerprint density at radius 2 is 1.97 bits per heavy atom. The Labute approximate surface area is 203 Å². The van der Waals surface area contributed by atoms with Gasteiger partial charge in [-0.1, -0.05) is 18.2 Å². The highest BCUT2D eigenvalue weighted by Gasteiger charge is 2.42. The van der Waals surface area contributed by atoms with Crippen LogP contribution in [0, 0.1) is 5.92 Å². The number of fused-ring (bicyclic) bond motifs is 9. The van der Waals surface area contributed by atoms with Crippen LogP contribution in [0.4, 0.5) is 5.69 Å². The third-order valence-electron chi connectivity index (χ3n) is 7.82. The zero-order valence-electron chi connectivity index (χ0n) is 19.3. The van der Waals surface area contributed by atoms with Crippen molar-refractivity contribution in [3.8, 4) is 11.3 Å². The summed E-state index contributed by atoms with van der Waals surface area (Å²) in [5.41, 5.74) is 13.9. The van der Waals surface area contributed by atoms with E-state index in [0.717, 1.165) is 58.6 Å². The Kier molecular flexibility index (Phi) is 4.89. The van der Waals surface area contributed by atoms with Crippen LogP contribution < -0.4 is 16.2 Å². The lowest BCUT2D eigenvalue weighted by Crippen LogP contribution is -2.34. The monoisotopic (exact) mass is 465 g/mol. The molecule has 4 unspecified atom stereocenters. The molecule has 1 aliphatic carbocycles. The van der Waals surface area contributed by atoms with Crippen LogP contribution in [-0.2, 0) is 11.2 Å². The molecule has 1 aromatic carbocycles. The second-order valence-corrected chi connectivity index (χ2v) is 9.98. The van der Waals surface area contributed by atoms with Crippen LogP contribution in [0.25, 0.3) is 22.3 Å². The van der Waals surface area contributed by atoms with Crippen LogP contribution in [-0.4, -0.2) is 31.9 Å². The smallest absolute Gasteiger partial charge is 0.224 e. The summed E-state index contributed by atoms with van der Waals surface area (Å²) in [6.45, 7) is 0. The number of hydrazine groups is 1. The van der Waals surface area contributed by atoms with Crippen molar-refractivity contribution in [1.29, 1.82) is 0 Å². The fourth-order valence-electron chi connectivity index (χ4n) is 6.05. The van der Waals surface area contributed by atoms with Gasteiger partial charge in [-0.3, -0.25) is 20.2 Å². The number of amides is 1. The lowest BCUT2D eigenvalue weighted by atomic mass is 9.73. The molecule has 0 spiro atoms. The van der Waals surface area contributed by atoms with Gasteiger partial charge >= 0.3 is 0 Å². The zero-order valence-corrected chi connectivity index (χ0v) is 19.3. The quantitative estimate of drug-likeness (QED) is 0.313. The largest absolute Gasteiger partial charge is 0.340 e. The molecule has 1 saturated heterocycles. The predicted octanol–water partition coefficient (Wildman–Crippen LogP) is 4.01. The molecule has 4 atom stereocenters. The second-order valence-electron chi connectivity index (χ2n) is 9.98. The van der Waals surface area contributed by atoms with E-state index in [1.165, 1.54) is 5.56 Å². The van der Waals surface area contributed by atoms with Crippen LogP contribution in [0.15, 0.2) is 55.0 Å². The molecule has 176 valence electrons. The molecule has 4 aromatic rings. The summed E-state index contributed by atoms with van der Waals surface area (Å²) in [5, 5.41) is 3.06. The number of hydrogen-bond donors (Lipinski definition) is 4. The van der Waals surface area contributed by atoms with Crippen molar-refractivity contribution in [2.24, 2.45) is 5.92 Å². The summed E-state index contributed by atoms with van der Waals surface area (Å²) in [5.74, 6) is 1.74. The first-order chi connectivity index (χ1) is 17.2. The molecule has 8 nitrogen and oxygen atoms in total. The van der Waals surface area contributed by atoms with Crippen LogP contribution in [0.3, 0.4) is 0 Å². The highest BCUT2D eigenvalue weighted by atomic mass is 16.1.